The van der Waals surface area contributed by atoms with E-state index < -0.39 is 0 Å². The summed E-state index contributed by atoms with van der Waals surface area (Å²) in [4.78, 5) is 26.8. The Bertz CT molecular complexity index is 700. The molecule has 3 rings (SSSR count). The second-order valence-electron chi connectivity index (χ2n) is 5.88. The van der Waals surface area contributed by atoms with Crippen LogP contribution in [0.25, 0.3) is 11.4 Å². The first kappa shape index (κ1) is 15.4. The van der Waals surface area contributed by atoms with Gasteiger partial charge in [-0.05, 0) is 31.4 Å². The van der Waals surface area contributed by atoms with Gasteiger partial charge in [-0.3, -0.25) is 9.78 Å². The number of carbonyl (C=O) groups excluding carboxylic acids is 1. The molecule has 1 aliphatic carbocycles. The van der Waals surface area contributed by atoms with Gasteiger partial charge >= 0.3 is 0 Å². The van der Waals surface area contributed by atoms with E-state index in [1.165, 1.54) is 5.56 Å². The molecule has 0 fully saturated rings. The van der Waals surface area contributed by atoms with Crippen LogP contribution >= 0.6 is 0 Å². The highest BCUT2D eigenvalue weighted by Crippen LogP contribution is 2.28. The minimum Gasteiger partial charge on any atom is -0.369 e. The van der Waals surface area contributed by atoms with E-state index in [2.05, 4.69) is 20.3 Å². The van der Waals surface area contributed by atoms with Crippen molar-refractivity contribution in [3.8, 4) is 11.4 Å². The average molecular weight is 311 g/mol. The molecule has 2 heterocycles. The second-order valence-corrected chi connectivity index (χ2v) is 5.88. The molecule has 1 amide bonds. The highest BCUT2D eigenvalue weighted by molar-refractivity contribution is 5.76. The number of anilines is 1. The van der Waals surface area contributed by atoms with Crippen molar-refractivity contribution in [2.75, 3.05) is 26.0 Å². The highest BCUT2D eigenvalue weighted by atomic mass is 16.2. The molecule has 6 nitrogen and oxygen atoms in total. The number of aromatic nitrogens is 3. The average Bonchev–Trinajstić information content (AvgIpc) is 3.04. The molecule has 0 bridgehead atoms. The molecule has 120 valence electrons. The van der Waals surface area contributed by atoms with Crippen LogP contribution in [0.4, 0.5) is 5.82 Å². The molecular formula is C17H21N5O. The normalized spacial score (nSPS) is 12.8. The van der Waals surface area contributed by atoms with Crippen molar-refractivity contribution in [1.82, 2.24) is 19.9 Å². The van der Waals surface area contributed by atoms with E-state index in [4.69, 9.17) is 0 Å². The molecule has 6 heteroatoms. The quantitative estimate of drug-likeness (QED) is 0.913. The number of nitrogens with one attached hydrogen (secondary N) is 1. The van der Waals surface area contributed by atoms with E-state index in [1.54, 1.807) is 31.4 Å². The van der Waals surface area contributed by atoms with Crippen LogP contribution in [-0.2, 0) is 17.6 Å². The van der Waals surface area contributed by atoms with Crippen LogP contribution in [0, 0.1) is 0 Å². The van der Waals surface area contributed by atoms with Gasteiger partial charge < -0.3 is 10.2 Å². The summed E-state index contributed by atoms with van der Waals surface area (Å²) in [5.41, 5.74) is 3.21. The van der Waals surface area contributed by atoms with Gasteiger partial charge in [-0.1, -0.05) is 0 Å². The Labute approximate surface area is 136 Å². The zero-order chi connectivity index (χ0) is 16.2. The smallest absolute Gasteiger partial charge is 0.223 e. The van der Waals surface area contributed by atoms with Gasteiger partial charge in [0.25, 0.3) is 0 Å². The van der Waals surface area contributed by atoms with Gasteiger partial charge in [0.2, 0.25) is 5.91 Å². The van der Waals surface area contributed by atoms with E-state index in [0.717, 1.165) is 36.3 Å². The maximum Gasteiger partial charge on any atom is 0.223 e. The Hall–Kier alpha value is -2.50. The molecule has 0 saturated heterocycles. The molecular weight excluding hydrogens is 290 g/mol. The lowest BCUT2D eigenvalue weighted by molar-refractivity contribution is -0.128. The fraction of sp³-hybridized carbons (Fsp3) is 0.412. The van der Waals surface area contributed by atoms with E-state index in [9.17, 15) is 4.79 Å². The lowest BCUT2D eigenvalue weighted by Gasteiger charge is -2.14. The third kappa shape index (κ3) is 3.47. The fourth-order valence-electron chi connectivity index (χ4n) is 2.71. The van der Waals surface area contributed by atoms with Gasteiger partial charge in [-0.15, -0.1) is 0 Å². The first-order valence-electron chi connectivity index (χ1n) is 7.89. The molecule has 0 radical (unpaired) electrons. The molecule has 1 aliphatic rings. The Morgan fingerprint density at radius 2 is 2.17 bits per heavy atom. The first-order chi connectivity index (χ1) is 11.1. The Morgan fingerprint density at radius 1 is 1.30 bits per heavy atom. The van der Waals surface area contributed by atoms with Gasteiger partial charge in [0.15, 0.2) is 5.82 Å². The van der Waals surface area contributed by atoms with Crippen LogP contribution in [0.5, 0.6) is 0 Å². The maximum absolute atomic E-state index is 11.7. The molecule has 0 aromatic carbocycles. The summed E-state index contributed by atoms with van der Waals surface area (Å²) in [7, 11) is 3.54. The van der Waals surface area contributed by atoms with Crippen molar-refractivity contribution in [2.45, 2.75) is 25.7 Å². The van der Waals surface area contributed by atoms with E-state index in [1.807, 2.05) is 12.1 Å². The lowest BCUT2D eigenvalue weighted by atomic mass is 10.2. The van der Waals surface area contributed by atoms with E-state index in [-0.39, 0.29) is 5.91 Å². The van der Waals surface area contributed by atoms with Gasteiger partial charge in [0, 0.05) is 56.3 Å². The summed E-state index contributed by atoms with van der Waals surface area (Å²) < 4.78 is 0. The zero-order valence-electron chi connectivity index (χ0n) is 13.5. The summed E-state index contributed by atoms with van der Waals surface area (Å²) in [5, 5.41) is 3.32. The Balaban J connectivity index is 1.82. The number of hydrogen-bond acceptors (Lipinski definition) is 5. The van der Waals surface area contributed by atoms with E-state index in [0.29, 0.717) is 18.8 Å². The Kier molecular flexibility index (Phi) is 4.50. The zero-order valence-corrected chi connectivity index (χ0v) is 13.5. The molecule has 0 atom stereocenters. The number of rotatable bonds is 5. The van der Waals surface area contributed by atoms with Crippen LogP contribution in [0.2, 0.25) is 0 Å². The highest BCUT2D eigenvalue weighted by Gasteiger charge is 2.20. The molecule has 0 aliphatic heterocycles. The third-order valence-corrected chi connectivity index (χ3v) is 3.98. The molecule has 2 aromatic heterocycles. The van der Waals surface area contributed by atoms with Gasteiger partial charge in [0.05, 0.1) is 0 Å². The van der Waals surface area contributed by atoms with Crippen molar-refractivity contribution in [2.24, 2.45) is 0 Å². The number of aryl methyl sites for hydroxylation is 1. The molecule has 0 spiro atoms. The number of amides is 1. The number of fused-ring (bicyclic) bond motifs is 1. The minimum absolute atomic E-state index is 0.107. The predicted molar refractivity (Wildman–Crippen MR) is 89.1 cm³/mol. The van der Waals surface area contributed by atoms with Gasteiger partial charge in [0.1, 0.15) is 5.82 Å². The van der Waals surface area contributed by atoms with Crippen LogP contribution in [0.15, 0.2) is 24.5 Å². The van der Waals surface area contributed by atoms with Crippen molar-refractivity contribution in [3.63, 3.8) is 0 Å². The second kappa shape index (κ2) is 6.73. The summed E-state index contributed by atoms with van der Waals surface area (Å²) in [6, 6.07) is 3.85. The molecule has 0 saturated carbocycles. The number of hydrogen-bond donors (Lipinski definition) is 1. The monoisotopic (exact) mass is 311 g/mol. The minimum atomic E-state index is 0.107. The van der Waals surface area contributed by atoms with Crippen molar-refractivity contribution in [3.05, 3.63) is 35.8 Å². The number of pyridine rings is 1. The van der Waals surface area contributed by atoms with E-state index >= 15 is 0 Å². The lowest BCUT2D eigenvalue weighted by Crippen LogP contribution is -2.24. The molecule has 23 heavy (non-hydrogen) atoms. The first-order valence-corrected chi connectivity index (χ1v) is 7.89. The summed E-state index contributed by atoms with van der Waals surface area (Å²) >= 11 is 0. The largest absolute Gasteiger partial charge is 0.369 e. The fourth-order valence-corrected chi connectivity index (χ4v) is 2.71. The van der Waals surface area contributed by atoms with Gasteiger partial charge in [-0.25, -0.2) is 9.97 Å². The molecule has 1 N–H and O–H groups in total. The summed E-state index contributed by atoms with van der Waals surface area (Å²) in [6.45, 7) is 0.576. The number of nitrogens with zero attached hydrogens (tertiary/aromatic N) is 4. The van der Waals surface area contributed by atoms with Crippen LogP contribution in [0.3, 0.4) is 0 Å². The predicted octanol–water partition coefficient (Wildman–Crippen LogP) is 1.92. The molecule has 2 aromatic rings. The standard InChI is InChI=1S/C17H21N5O/c1-22(2)15(23)8-10-19-17-13-6-3-7-14(13)20-16(21-17)12-5-4-9-18-11-12/h4-5,9,11H,3,6-8,10H2,1-2H3,(H,19,20,21). The number of carbonyl (C=O) groups is 1. The Morgan fingerprint density at radius 3 is 2.91 bits per heavy atom. The molecule has 0 unspecified atom stereocenters. The van der Waals surface area contributed by atoms with Gasteiger partial charge in [-0.2, -0.15) is 0 Å². The summed E-state index contributed by atoms with van der Waals surface area (Å²) in [5.74, 6) is 1.66. The van der Waals surface area contributed by atoms with Crippen LogP contribution < -0.4 is 5.32 Å². The SMILES string of the molecule is CN(C)C(=O)CCNc1nc(-c2cccnc2)nc2c1CCC2. The van der Waals surface area contributed by atoms with Crippen molar-refractivity contribution >= 4 is 11.7 Å². The maximum atomic E-state index is 11.7. The van der Waals surface area contributed by atoms with Crippen molar-refractivity contribution < 1.29 is 4.79 Å². The van der Waals surface area contributed by atoms with Crippen molar-refractivity contribution in [1.29, 1.82) is 0 Å². The van der Waals surface area contributed by atoms with Crippen LogP contribution in [0.1, 0.15) is 24.1 Å². The summed E-state index contributed by atoms with van der Waals surface area (Å²) in [6.07, 6.45) is 7.04. The topological polar surface area (TPSA) is 71.0 Å². The van der Waals surface area contributed by atoms with Crippen LogP contribution in [-0.4, -0.2) is 46.4 Å². The third-order valence-electron chi connectivity index (χ3n) is 3.98.